The highest BCUT2D eigenvalue weighted by molar-refractivity contribution is 5.93. The Morgan fingerprint density at radius 1 is 1.45 bits per heavy atom. The van der Waals surface area contributed by atoms with Gasteiger partial charge in [0.25, 0.3) is 0 Å². The largest absolute Gasteiger partial charge is 0.326 e. The minimum atomic E-state index is 0. The van der Waals surface area contributed by atoms with Crippen molar-refractivity contribution in [2.75, 3.05) is 18.4 Å². The van der Waals surface area contributed by atoms with Crippen molar-refractivity contribution in [2.45, 2.75) is 6.92 Å². The SMILES string of the molecule is CC(C(=O)Nc1cccc(-c2nncn2C)c1)C1CNC1.Cl. The summed E-state index contributed by atoms with van der Waals surface area (Å²) in [4.78, 5) is 12.2. The highest BCUT2D eigenvalue weighted by Gasteiger charge is 2.28. The van der Waals surface area contributed by atoms with Crippen LogP contribution in [0.15, 0.2) is 30.6 Å². The maximum Gasteiger partial charge on any atom is 0.227 e. The summed E-state index contributed by atoms with van der Waals surface area (Å²) in [6, 6.07) is 7.69. The first kappa shape index (κ1) is 16.5. The molecule has 22 heavy (non-hydrogen) atoms. The van der Waals surface area contributed by atoms with Crippen molar-refractivity contribution in [1.29, 1.82) is 0 Å². The van der Waals surface area contributed by atoms with Crippen molar-refractivity contribution >= 4 is 24.0 Å². The Bertz CT molecular complexity index is 653. The molecule has 1 fully saturated rings. The molecule has 118 valence electrons. The van der Waals surface area contributed by atoms with Crippen LogP contribution in [0.2, 0.25) is 0 Å². The lowest BCUT2D eigenvalue weighted by Gasteiger charge is -2.31. The maximum absolute atomic E-state index is 12.2. The van der Waals surface area contributed by atoms with Gasteiger partial charge < -0.3 is 15.2 Å². The molecule has 1 unspecified atom stereocenters. The number of hydrogen-bond donors (Lipinski definition) is 2. The van der Waals surface area contributed by atoms with Crippen LogP contribution in [0.5, 0.6) is 0 Å². The van der Waals surface area contributed by atoms with Gasteiger partial charge in [-0.25, -0.2) is 0 Å². The van der Waals surface area contributed by atoms with Crippen LogP contribution in [-0.4, -0.2) is 33.8 Å². The molecule has 2 aromatic rings. The zero-order chi connectivity index (χ0) is 14.8. The number of hydrogen-bond acceptors (Lipinski definition) is 4. The van der Waals surface area contributed by atoms with Crippen LogP contribution in [0.25, 0.3) is 11.4 Å². The molecule has 3 rings (SSSR count). The molecule has 1 aliphatic heterocycles. The molecule has 0 aliphatic carbocycles. The van der Waals surface area contributed by atoms with Crippen molar-refractivity contribution < 1.29 is 4.79 Å². The summed E-state index contributed by atoms with van der Waals surface area (Å²) in [5.41, 5.74) is 1.73. The fourth-order valence-corrected chi connectivity index (χ4v) is 2.42. The zero-order valence-electron chi connectivity index (χ0n) is 12.6. The number of nitrogens with zero attached hydrogens (tertiary/aromatic N) is 3. The summed E-state index contributed by atoms with van der Waals surface area (Å²) in [6.45, 7) is 3.83. The van der Waals surface area contributed by atoms with E-state index in [4.69, 9.17) is 0 Å². The maximum atomic E-state index is 12.2. The van der Waals surface area contributed by atoms with Crippen LogP contribution < -0.4 is 10.6 Å². The quantitative estimate of drug-likeness (QED) is 0.899. The first-order chi connectivity index (χ1) is 10.1. The first-order valence-corrected chi connectivity index (χ1v) is 7.11. The second-order valence-corrected chi connectivity index (χ2v) is 5.54. The number of rotatable bonds is 4. The van der Waals surface area contributed by atoms with E-state index in [0.29, 0.717) is 5.92 Å². The average molecular weight is 322 g/mol. The number of nitrogens with one attached hydrogen (secondary N) is 2. The van der Waals surface area contributed by atoms with E-state index in [-0.39, 0.29) is 24.2 Å². The van der Waals surface area contributed by atoms with E-state index in [0.717, 1.165) is 30.2 Å². The number of aromatic nitrogens is 3. The minimum Gasteiger partial charge on any atom is -0.326 e. The molecule has 1 amide bonds. The van der Waals surface area contributed by atoms with Crippen molar-refractivity contribution in [3.05, 3.63) is 30.6 Å². The third kappa shape index (κ3) is 3.28. The van der Waals surface area contributed by atoms with E-state index in [2.05, 4.69) is 20.8 Å². The summed E-state index contributed by atoms with van der Waals surface area (Å²) in [5.74, 6) is 1.30. The molecular formula is C15H20ClN5O. The van der Waals surface area contributed by atoms with Gasteiger partial charge in [0.15, 0.2) is 5.82 Å². The van der Waals surface area contributed by atoms with Gasteiger partial charge in [-0.05, 0) is 31.1 Å². The molecule has 2 N–H and O–H groups in total. The van der Waals surface area contributed by atoms with E-state index < -0.39 is 0 Å². The Balaban J connectivity index is 0.00000176. The molecule has 1 saturated heterocycles. The summed E-state index contributed by atoms with van der Waals surface area (Å²) in [5, 5.41) is 14.1. The molecule has 7 heteroatoms. The van der Waals surface area contributed by atoms with Crippen LogP contribution >= 0.6 is 12.4 Å². The molecule has 1 aromatic heterocycles. The van der Waals surface area contributed by atoms with Crippen molar-refractivity contribution in [1.82, 2.24) is 20.1 Å². The molecule has 0 bridgehead atoms. The Morgan fingerprint density at radius 3 is 2.82 bits per heavy atom. The van der Waals surface area contributed by atoms with Crippen LogP contribution in [0.3, 0.4) is 0 Å². The fourth-order valence-electron chi connectivity index (χ4n) is 2.42. The molecule has 0 spiro atoms. The summed E-state index contributed by atoms with van der Waals surface area (Å²) in [7, 11) is 1.90. The van der Waals surface area contributed by atoms with Gasteiger partial charge in [-0.15, -0.1) is 22.6 Å². The Kier molecular flexibility index (Phi) is 5.15. The second-order valence-electron chi connectivity index (χ2n) is 5.54. The minimum absolute atomic E-state index is 0. The van der Waals surface area contributed by atoms with Crippen LogP contribution in [0.1, 0.15) is 6.92 Å². The fraction of sp³-hybridized carbons (Fsp3) is 0.400. The Labute approximate surface area is 135 Å². The van der Waals surface area contributed by atoms with Gasteiger partial charge in [0, 0.05) is 24.2 Å². The van der Waals surface area contributed by atoms with Gasteiger partial charge in [0.2, 0.25) is 5.91 Å². The topological polar surface area (TPSA) is 71.8 Å². The van der Waals surface area contributed by atoms with Gasteiger partial charge >= 0.3 is 0 Å². The van der Waals surface area contributed by atoms with E-state index in [9.17, 15) is 4.79 Å². The highest BCUT2D eigenvalue weighted by atomic mass is 35.5. The molecule has 0 radical (unpaired) electrons. The summed E-state index contributed by atoms with van der Waals surface area (Å²) < 4.78 is 1.85. The summed E-state index contributed by atoms with van der Waals surface area (Å²) >= 11 is 0. The van der Waals surface area contributed by atoms with E-state index in [1.807, 2.05) is 42.8 Å². The highest BCUT2D eigenvalue weighted by Crippen LogP contribution is 2.22. The normalized spacial score (nSPS) is 15.5. The Morgan fingerprint density at radius 2 is 2.23 bits per heavy atom. The third-order valence-electron chi connectivity index (χ3n) is 4.03. The van der Waals surface area contributed by atoms with Gasteiger partial charge in [0.05, 0.1) is 0 Å². The third-order valence-corrected chi connectivity index (χ3v) is 4.03. The van der Waals surface area contributed by atoms with Crippen LogP contribution in [0, 0.1) is 11.8 Å². The number of benzene rings is 1. The molecule has 1 aromatic carbocycles. The Hall–Kier alpha value is -1.92. The number of carbonyl (C=O) groups is 1. The van der Waals surface area contributed by atoms with Crippen LogP contribution in [0.4, 0.5) is 5.69 Å². The summed E-state index contributed by atoms with van der Waals surface area (Å²) in [6.07, 6.45) is 1.66. The van der Waals surface area contributed by atoms with Gasteiger partial charge in [-0.2, -0.15) is 0 Å². The number of halogens is 1. The van der Waals surface area contributed by atoms with Crippen LogP contribution in [-0.2, 0) is 11.8 Å². The van der Waals surface area contributed by atoms with E-state index in [1.165, 1.54) is 0 Å². The number of carbonyl (C=O) groups excluding carboxylic acids is 1. The van der Waals surface area contributed by atoms with E-state index in [1.54, 1.807) is 6.33 Å². The molecule has 0 saturated carbocycles. The molecule has 1 atom stereocenters. The first-order valence-electron chi connectivity index (χ1n) is 7.11. The number of aryl methyl sites for hydroxylation is 1. The lowest BCUT2D eigenvalue weighted by atomic mass is 9.88. The lowest BCUT2D eigenvalue weighted by molar-refractivity contribution is -0.121. The second kappa shape index (κ2) is 6.89. The number of amides is 1. The molecule has 1 aliphatic rings. The predicted octanol–water partition coefficient (Wildman–Crippen LogP) is 1.70. The van der Waals surface area contributed by atoms with Crippen molar-refractivity contribution in [3.8, 4) is 11.4 Å². The predicted molar refractivity (Wildman–Crippen MR) is 87.8 cm³/mol. The zero-order valence-corrected chi connectivity index (χ0v) is 13.4. The lowest BCUT2D eigenvalue weighted by Crippen LogP contribution is -2.48. The van der Waals surface area contributed by atoms with Crippen molar-refractivity contribution in [3.63, 3.8) is 0 Å². The monoisotopic (exact) mass is 321 g/mol. The van der Waals surface area contributed by atoms with E-state index >= 15 is 0 Å². The van der Waals surface area contributed by atoms with Gasteiger partial charge in [0.1, 0.15) is 6.33 Å². The molecule has 6 nitrogen and oxygen atoms in total. The van der Waals surface area contributed by atoms with Gasteiger partial charge in [-0.1, -0.05) is 19.1 Å². The van der Waals surface area contributed by atoms with Gasteiger partial charge in [-0.3, -0.25) is 4.79 Å². The molecular weight excluding hydrogens is 302 g/mol. The smallest absolute Gasteiger partial charge is 0.227 e. The standard InChI is InChI=1S/C15H19N5O.ClH/c1-10(12-7-16-8-12)15(21)18-13-5-3-4-11(6-13)14-19-17-9-20(14)2;/h3-6,9-10,12,16H,7-8H2,1-2H3,(H,18,21);1H. The average Bonchev–Trinajstić information content (AvgIpc) is 2.83. The van der Waals surface area contributed by atoms with Crippen molar-refractivity contribution in [2.24, 2.45) is 18.9 Å². The number of anilines is 1. The molecule has 2 heterocycles.